The van der Waals surface area contributed by atoms with Gasteiger partial charge in [0, 0.05) is 23.7 Å². The number of nitrogens with zero attached hydrogens (tertiary/aromatic N) is 1. The molecule has 0 aliphatic carbocycles. The first-order chi connectivity index (χ1) is 13.0. The first-order valence-electron chi connectivity index (χ1n) is 8.75. The van der Waals surface area contributed by atoms with Crippen LogP contribution in [0.15, 0.2) is 30.3 Å². The second-order valence-electron chi connectivity index (χ2n) is 6.71. The number of hydrogen-bond donors (Lipinski definition) is 1. The van der Waals surface area contributed by atoms with Gasteiger partial charge in [-0.2, -0.15) is 0 Å². The van der Waals surface area contributed by atoms with Gasteiger partial charge in [0.25, 0.3) is 0 Å². The topological polar surface area (TPSA) is 58.6 Å². The normalized spacial score (nSPS) is 18.4. The Morgan fingerprint density at radius 1 is 1.33 bits per heavy atom. The maximum Gasteiger partial charge on any atom is 0.235 e. The van der Waals surface area contributed by atoms with Crippen LogP contribution in [-0.4, -0.2) is 25.5 Å². The van der Waals surface area contributed by atoms with Crippen LogP contribution in [0.4, 0.5) is 15.8 Å². The van der Waals surface area contributed by atoms with Crippen LogP contribution in [0.2, 0.25) is 5.02 Å². The lowest BCUT2D eigenvalue weighted by Crippen LogP contribution is -2.41. The van der Waals surface area contributed by atoms with Crippen molar-refractivity contribution in [1.29, 1.82) is 0 Å². The lowest BCUT2D eigenvalue weighted by atomic mass is 9.88. The molecule has 4 rings (SSSR count). The minimum absolute atomic E-state index is 0.0200. The number of amides is 2. The van der Waals surface area contributed by atoms with E-state index in [-0.39, 0.29) is 18.2 Å². The molecule has 2 amide bonds. The van der Waals surface area contributed by atoms with E-state index in [4.69, 9.17) is 16.3 Å². The number of benzene rings is 2. The number of methoxy groups -OCH3 is 1. The van der Waals surface area contributed by atoms with Crippen LogP contribution in [0.3, 0.4) is 0 Å². The summed E-state index contributed by atoms with van der Waals surface area (Å²) < 4.78 is 19.0. The van der Waals surface area contributed by atoms with Crippen LogP contribution >= 0.6 is 11.6 Å². The fourth-order valence-corrected chi connectivity index (χ4v) is 4.13. The highest BCUT2D eigenvalue weighted by Gasteiger charge is 2.37. The van der Waals surface area contributed by atoms with Gasteiger partial charge in [-0.15, -0.1) is 0 Å². The Balaban J connectivity index is 1.78. The molecule has 7 heteroatoms. The summed E-state index contributed by atoms with van der Waals surface area (Å²) in [5.74, 6) is -1.08. The Kier molecular flexibility index (Phi) is 4.52. The minimum Gasteiger partial charge on any atom is -0.495 e. The Hall–Kier alpha value is -2.60. The molecule has 0 saturated carbocycles. The highest BCUT2D eigenvalue weighted by molar-refractivity contribution is 6.32. The number of ether oxygens (including phenoxy) is 1. The van der Waals surface area contributed by atoms with Crippen LogP contribution < -0.4 is 15.0 Å². The van der Waals surface area contributed by atoms with Gasteiger partial charge in [0.15, 0.2) is 0 Å². The molecule has 2 aliphatic heterocycles. The molecule has 5 nitrogen and oxygen atoms in total. The van der Waals surface area contributed by atoms with Crippen LogP contribution in [-0.2, 0) is 16.0 Å². The maximum absolute atomic E-state index is 13.6. The lowest BCUT2D eigenvalue weighted by Gasteiger charge is -2.35. The van der Waals surface area contributed by atoms with Crippen LogP contribution in [0, 0.1) is 5.82 Å². The molecule has 2 aromatic rings. The molecule has 2 heterocycles. The summed E-state index contributed by atoms with van der Waals surface area (Å²) in [6.45, 7) is 0.511. The van der Waals surface area contributed by atoms with E-state index in [0.717, 1.165) is 18.4 Å². The van der Waals surface area contributed by atoms with E-state index in [2.05, 4.69) is 5.32 Å². The zero-order valence-electron chi connectivity index (χ0n) is 14.7. The third kappa shape index (κ3) is 3.04. The average molecular weight is 389 g/mol. The SMILES string of the molecule is COc1ccc(Cl)c2c1N(C(=O)C1CC(=O)Nc3cc(F)ccc31)CCC2. The van der Waals surface area contributed by atoms with E-state index >= 15 is 0 Å². The van der Waals surface area contributed by atoms with E-state index in [1.165, 1.54) is 12.1 Å². The molecule has 0 bridgehead atoms. The molecular weight excluding hydrogens is 371 g/mol. The van der Waals surface area contributed by atoms with Crippen molar-refractivity contribution in [2.45, 2.75) is 25.2 Å². The molecule has 0 aromatic heterocycles. The van der Waals surface area contributed by atoms with E-state index in [0.29, 0.717) is 34.3 Å². The standard InChI is InChI=1S/C20H18ClFN2O3/c1-27-17-7-6-15(21)13-3-2-8-24(19(13)17)20(26)14-10-18(25)23-16-9-11(22)4-5-12(14)16/h4-7,9,14H,2-3,8,10H2,1H3,(H,23,25). The first kappa shape index (κ1) is 17.8. The van der Waals surface area contributed by atoms with Gasteiger partial charge in [0.1, 0.15) is 11.6 Å². The first-order valence-corrected chi connectivity index (χ1v) is 9.13. The molecule has 0 spiro atoms. The van der Waals surface area contributed by atoms with Crippen molar-refractivity contribution in [1.82, 2.24) is 0 Å². The van der Waals surface area contributed by atoms with Crippen LogP contribution in [0.25, 0.3) is 0 Å². The number of carbonyl (C=O) groups excluding carboxylic acids is 2. The van der Waals surface area contributed by atoms with Crippen molar-refractivity contribution in [3.8, 4) is 5.75 Å². The van der Waals surface area contributed by atoms with Crippen molar-refractivity contribution in [2.75, 3.05) is 23.9 Å². The van der Waals surface area contributed by atoms with Crippen molar-refractivity contribution < 1.29 is 18.7 Å². The molecule has 27 heavy (non-hydrogen) atoms. The summed E-state index contributed by atoms with van der Waals surface area (Å²) in [4.78, 5) is 27.2. The number of halogens is 2. The number of carbonyl (C=O) groups is 2. The summed E-state index contributed by atoms with van der Waals surface area (Å²) in [5, 5.41) is 3.23. The monoisotopic (exact) mass is 388 g/mol. The molecule has 0 radical (unpaired) electrons. The van der Waals surface area contributed by atoms with E-state index < -0.39 is 11.7 Å². The summed E-state index contributed by atoms with van der Waals surface area (Å²) in [7, 11) is 1.55. The molecular formula is C20H18ClFN2O3. The number of hydrogen-bond acceptors (Lipinski definition) is 3. The number of rotatable bonds is 2. The van der Waals surface area contributed by atoms with Gasteiger partial charge in [-0.05, 0) is 48.2 Å². The second-order valence-corrected chi connectivity index (χ2v) is 7.11. The summed E-state index contributed by atoms with van der Waals surface area (Å²) in [5.41, 5.74) is 2.50. The Bertz CT molecular complexity index is 947. The highest BCUT2D eigenvalue weighted by atomic mass is 35.5. The fourth-order valence-electron chi connectivity index (χ4n) is 3.88. The van der Waals surface area contributed by atoms with Crippen molar-refractivity contribution in [3.05, 3.63) is 52.3 Å². The van der Waals surface area contributed by atoms with Gasteiger partial charge < -0.3 is 15.0 Å². The van der Waals surface area contributed by atoms with Gasteiger partial charge >= 0.3 is 0 Å². The zero-order chi connectivity index (χ0) is 19.1. The van der Waals surface area contributed by atoms with Crippen molar-refractivity contribution >= 4 is 34.8 Å². The molecule has 140 valence electrons. The molecule has 1 unspecified atom stereocenters. The Labute approximate surface area is 161 Å². The molecule has 1 atom stereocenters. The third-order valence-electron chi connectivity index (χ3n) is 5.11. The fraction of sp³-hybridized carbons (Fsp3) is 0.300. The van der Waals surface area contributed by atoms with Crippen molar-refractivity contribution in [2.24, 2.45) is 0 Å². The number of anilines is 2. The van der Waals surface area contributed by atoms with Gasteiger partial charge in [-0.3, -0.25) is 9.59 Å². The van der Waals surface area contributed by atoms with E-state index in [1.54, 1.807) is 30.2 Å². The molecule has 2 aliphatic rings. The Morgan fingerprint density at radius 3 is 2.93 bits per heavy atom. The largest absolute Gasteiger partial charge is 0.495 e. The van der Waals surface area contributed by atoms with Crippen LogP contribution in [0.1, 0.15) is 29.9 Å². The lowest BCUT2D eigenvalue weighted by molar-refractivity contribution is -0.124. The van der Waals surface area contributed by atoms with Gasteiger partial charge in [-0.25, -0.2) is 4.39 Å². The van der Waals surface area contributed by atoms with Crippen LogP contribution in [0.5, 0.6) is 5.75 Å². The van der Waals surface area contributed by atoms with E-state index in [1.807, 2.05) is 0 Å². The quantitative estimate of drug-likeness (QED) is 0.849. The zero-order valence-corrected chi connectivity index (χ0v) is 15.5. The molecule has 1 N–H and O–H groups in total. The summed E-state index contributed by atoms with van der Waals surface area (Å²) in [6, 6.07) is 7.61. The number of fused-ring (bicyclic) bond motifs is 2. The Morgan fingerprint density at radius 2 is 2.15 bits per heavy atom. The summed E-state index contributed by atoms with van der Waals surface area (Å²) >= 11 is 6.35. The molecule has 0 fully saturated rings. The predicted octanol–water partition coefficient (Wildman–Crippen LogP) is 3.89. The maximum atomic E-state index is 13.6. The average Bonchev–Trinajstić information content (AvgIpc) is 2.66. The predicted molar refractivity (Wildman–Crippen MR) is 101 cm³/mol. The third-order valence-corrected chi connectivity index (χ3v) is 5.46. The van der Waals surface area contributed by atoms with Gasteiger partial charge in [0.2, 0.25) is 11.8 Å². The smallest absolute Gasteiger partial charge is 0.235 e. The van der Waals surface area contributed by atoms with Crippen molar-refractivity contribution in [3.63, 3.8) is 0 Å². The van der Waals surface area contributed by atoms with E-state index in [9.17, 15) is 14.0 Å². The number of nitrogens with one attached hydrogen (secondary N) is 1. The van der Waals surface area contributed by atoms with Gasteiger partial charge in [-0.1, -0.05) is 17.7 Å². The minimum atomic E-state index is -0.677. The summed E-state index contributed by atoms with van der Waals surface area (Å²) in [6.07, 6.45) is 1.54. The molecule has 0 saturated heterocycles. The molecule has 2 aromatic carbocycles. The second kappa shape index (κ2) is 6.85. The highest BCUT2D eigenvalue weighted by Crippen LogP contribution is 2.43. The van der Waals surface area contributed by atoms with Gasteiger partial charge in [0.05, 0.1) is 18.7 Å².